The zero-order valence-electron chi connectivity index (χ0n) is 16.0. The highest BCUT2D eigenvalue weighted by Gasteiger charge is 2.17. The number of aryl methyl sites for hydroxylation is 1. The quantitative estimate of drug-likeness (QED) is 0.485. The number of nitrogens with one attached hydrogen (secondary N) is 2. The first kappa shape index (κ1) is 19.0. The Kier molecular flexibility index (Phi) is 5.44. The molecule has 0 aliphatic heterocycles. The Morgan fingerprint density at radius 3 is 2.62 bits per heavy atom. The number of aromatic amines is 1. The molecule has 0 bridgehead atoms. The second-order valence-electron chi connectivity index (χ2n) is 6.95. The molecule has 146 valence electrons. The molecule has 2 N–H and O–H groups in total. The predicted molar refractivity (Wildman–Crippen MR) is 118 cm³/mol. The minimum Gasteiger partial charge on any atom is -0.322 e. The predicted octanol–water partition coefficient (Wildman–Crippen LogP) is 5.13. The van der Waals surface area contributed by atoms with Crippen LogP contribution in [0.25, 0.3) is 10.9 Å². The molecular formula is C23H21N3O2S. The summed E-state index contributed by atoms with van der Waals surface area (Å²) in [7, 11) is 0. The highest BCUT2D eigenvalue weighted by molar-refractivity contribution is 7.09. The monoisotopic (exact) mass is 403 g/mol. The molecule has 2 heterocycles. The SMILES string of the molecule is Cc1ccc2cc(CN(Cc3cccs3)C(=O)Nc3ccccc3)c(=O)[nH]c2c1. The van der Waals surface area contributed by atoms with Gasteiger partial charge in [0.25, 0.3) is 5.56 Å². The van der Waals surface area contributed by atoms with Crippen molar-refractivity contribution in [2.45, 2.75) is 20.0 Å². The van der Waals surface area contributed by atoms with Gasteiger partial charge in [-0.25, -0.2) is 4.79 Å². The molecule has 4 aromatic rings. The van der Waals surface area contributed by atoms with E-state index >= 15 is 0 Å². The van der Waals surface area contributed by atoms with Gasteiger partial charge in [-0.1, -0.05) is 36.4 Å². The number of rotatable bonds is 5. The molecule has 2 aromatic heterocycles. The number of H-pyrrole nitrogens is 1. The molecule has 0 spiro atoms. The largest absolute Gasteiger partial charge is 0.322 e. The zero-order chi connectivity index (χ0) is 20.2. The third kappa shape index (κ3) is 4.55. The van der Waals surface area contributed by atoms with E-state index in [-0.39, 0.29) is 18.1 Å². The van der Waals surface area contributed by atoms with Crippen LogP contribution in [0.5, 0.6) is 0 Å². The third-order valence-electron chi connectivity index (χ3n) is 4.68. The first-order valence-electron chi connectivity index (χ1n) is 9.34. The van der Waals surface area contributed by atoms with Crippen LogP contribution in [0.4, 0.5) is 10.5 Å². The summed E-state index contributed by atoms with van der Waals surface area (Å²) in [6.07, 6.45) is 0. The van der Waals surface area contributed by atoms with E-state index in [1.165, 1.54) is 0 Å². The Labute approximate surface area is 172 Å². The van der Waals surface area contributed by atoms with Gasteiger partial charge in [-0.05, 0) is 53.6 Å². The van der Waals surface area contributed by atoms with Crippen LogP contribution in [-0.2, 0) is 13.1 Å². The van der Waals surface area contributed by atoms with Crippen LogP contribution in [0, 0.1) is 6.92 Å². The smallest absolute Gasteiger partial charge is 0.322 e. The first-order chi connectivity index (χ1) is 14.1. The Balaban J connectivity index is 1.63. The first-order valence-corrected chi connectivity index (χ1v) is 10.2. The zero-order valence-corrected chi connectivity index (χ0v) is 16.8. The Morgan fingerprint density at radius 1 is 1.03 bits per heavy atom. The molecule has 0 saturated carbocycles. The van der Waals surface area contributed by atoms with Crippen molar-refractivity contribution in [1.29, 1.82) is 0 Å². The molecule has 2 amide bonds. The Bertz CT molecular complexity index is 1180. The standard InChI is InChI=1S/C23H21N3O2S/c1-16-9-10-17-13-18(22(27)25-21(17)12-16)14-26(15-20-8-5-11-29-20)23(28)24-19-6-3-2-4-7-19/h2-13H,14-15H2,1H3,(H,24,28)(H,25,27). The van der Waals surface area contributed by atoms with Crippen LogP contribution in [-0.4, -0.2) is 15.9 Å². The van der Waals surface area contributed by atoms with E-state index in [0.29, 0.717) is 12.1 Å². The third-order valence-corrected chi connectivity index (χ3v) is 5.54. The summed E-state index contributed by atoms with van der Waals surface area (Å²) in [5.74, 6) is 0. The number of benzene rings is 2. The summed E-state index contributed by atoms with van der Waals surface area (Å²) in [5.41, 5.74) is 2.99. The van der Waals surface area contributed by atoms with Crippen molar-refractivity contribution in [2.75, 3.05) is 5.32 Å². The highest BCUT2D eigenvalue weighted by atomic mass is 32.1. The number of amides is 2. The topological polar surface area (TPSA) is 65.2 Å². The number of fused-ring (bicyclic) bond motifs is 1. The Morgan fingerprint density at radius 2 is 1.86 bits per heavy atom. The number of thiophene rings is 1. The molecule has 0 atom stereocenters. The van der Waals surface area contributed by atoms with E-state index in [9.17, 15) is 9.59 Å². The highest BCUT2D eigenvalue weighted by Crippen LogP contribution is 2.18. The fourth-order valence-corrected chi connectivity index (χ4v) is 3.92. The van der Waals surface area contributed by atoms with E-state index in [4.69, 9.17) is 0 Å². The molecular weight excluding hydrogens is 382 g/mol. The number of anilines is 1. The van der Waals surface area contributed by atoms with Gasteiger partial charge in [-0.15, -0.1) is 11.3 Å². The van der Waals surface area contributed by atoms with Crippen LogP contribution in [0.3, 0.4) is 0 Å². The molecule has 0 unspecified atom stereocenters. The normalized spacial score (nSPS) is 10.8. The Hall–Kier alpha value is -3.38. The number of urea groups is 1. The van der Waals surface area contributed by atoms with Crippen molar-refractivity contribution >= 4 is 34.0 Å². The van der Waals surface area contributed by atoms with E-state index in [1.54, 1.807) is 16.2 Å². The van der Waals surface area contributed by atoms with Gasteiger partial charge in [0.2, 0.25) is 0 Å². The minimum atomic E-state index is -0.243. The van der Waals surface area contributed by atoms with Crippen LogP contribution >= 0.6 is 11.3 Å². The summed E-state index contributed by atoms with van der Waals surface area (Å²) < 4.78 is 0. The molecule has 4 rings (SSSR count). The van der Waals surface area contributed by atoms with Crippen molar-refractivity contribution in [1.82, 2.24) is 9.88 Å². The van der Waals surface area contributed by atoms with E-state index < -0.39 is 0 Å². The van der Waals surface area contributed by atoms with Gasteiger partial charge in [0, 0.05) is 21.6 Å². The van der Waals surface area contributed by atoms with Gasteiger partial charge >= 0.3 is 6.03 Å². The number of para-hydroxylation sites is 1. The molecule has 0 fully saturated rings. The minimum absolute atomic E-state index is 0.174. The van der Waals surface area contributed by atoms with Crippen molar-refractivity contribution in [3.05, 3.63) is 98.5 Å². The number of carbonyl (C=O) groups excluding carboxylic acids is 1. The van der Waals surface area contributed by atoms with E-state index in [1.807, 2.05) is 79.0 Å². The van der Waals surface area contributed by atoms with Gasteiger partial charge in [0.05, 0.1) is 13.1 Å². The molecule has 6 heteroatoms. The number of hydrogen-bond acceptors (Lipinski definition) is 3. The number of hydrogen-bond donors (Lipinski definition) is 2. The van der Waals surface area contributed by atoms with E-state index in [0.717, 1.165) is 27.0 Å². The molecule has 29 heavy (non-hydrogen) atoms. The molecule has 0 aliphatic rings. The van der Waals surface area contributed by atoms with Crippen LogP contribution < -0.4 is 10.9 Å². The van der Waals surface area contributed by atoms with Crippen molar-refractivity contribution in [2.24, 2.45) is 0 Å². The molecule has 0 radical (unpaired) electrons. The van der Waals surface area contributed by atoms with Crippen LogP contribution in [0.1, 0.15) is 16.0 Å². The second kappa shape index (κ2) is 8.32. The second-order valence-corrected chi connectivity index (χ2v) is 7.98. The summed E-state index contributed by atoms with van der Waals surface area (Å²) in [6, 6.07) is 20.8. The molecule has 0 saturated heterocycles. The fourth-order valence-electron chi connectivity index (χ4n) is 3.20. The lowest BCUT2D eigenvalue weighted by atomic mass is 10.1. The van der Waals surface area contributed by atoms with Crippen molar-refractivity contribution in [3.8, 4) is 0 Å². The summed E-state index contributed by atoms with van der Waals surface area (Å²) >= 11 is 1.59. The lowest BCUT2D eigenvalue weighted by Crippen LogP contribution is -2.35. The maximum atomic E-state index is 13.0. The average Bonchev–Trinajstić information content (AvgIpc) is 3.22. The van der Waals surface area contributed by atoms with Gasteiger partial charge < -0.3 is 15.2 Å². The molecule has 5 nitrogen and oxygen atoms in total. The summed E-state index contributed by atoms with van der Waals surface area (Å²) in [6.45, 7) is 2.64. The van der Waals surface area contributed by atoms with Gasteiger partial charge in [-0.3, -0.25) is 4.79 Å². The maximum Gasteiger partial charge on any atom is 0.322 e. The number of aromatic nitrogens is 1. The lowest BCUT2D eigenvalue weighted by molar-refractivity contribution is 0.207. The molecule has 0 aliphatic carbocycles. The van der Waals surface area contributed by atoms with Gasteiger partial charge in [0.1, 0.15) is 0 Å². The number of nitrogens with zero attached hydrogens (tertiary/aromatic N) is 1. The lowest BCUT2D eigenvalue weighted by Gasteiger charge is -2.22. The van der Waals surface area contributed by atoms with Gasteiger partial charge in [-0.2, -0.15) is 0 Å². The van der Waals surface area contributed by atoms with Gasteiger partial charge in [0.15, 0.2) is 0 Å². The van der Waals surface area contributed by atoms with Crippen molar-refractivity contribution in [3.63, 3.8) is 0 Å². The van der Waals surface area contributed by atoms with E-state index in [2.05, 4.69) is 10.3 Å². The van der Waals surface area contributed by atoms with Crippen LogP contribution in [0.15, 0.2) is 76.9 Å². The summed E-state index contributed by atoms with van der Waals surface area (Å²) in [4.78, 5) is 31.3. The van der Waals surface area contributed by atoms with Crippen LogP contribution in [0.2, 0.25) is 0 Å². The fraction of sp³-hybridized carbons (Fsp3) is 0.130. The molecule has 2 aromatic carbocycles. The van der Waals surface area contributed by atoms with Crippen molar-refractivity contribution < 1.29 is 4.79 Å². The maximum absolute atomic E-state index is 13.0. The average molecular weight is 404 g/mol. The number of pyridine rings is 1. The summed E-state index contributed by atoms with van der Waals surface area (Å²) in [5, 5.41) is 5.85. The number of carbonyl (C=O) groups is 1.